The maximum Gasteiger partial charge on any atom is 0.274 e. The van der Waals surface area contributed by atoms with Crippen molar-refractivity contribution < 1.29 is 13.9 Å². The normalized spacial score (nSPS) is 10.6. The number of methoxy groups -OCH3 is 1. The van der Waals surface area contributed by atoms with E-state index in [0.29, 0.717) is 17.0 Å². The standard InChI is InChI=1S/C22H18FN5O2/c1-30-17-8-4-6-15(12-17)13-25-22(29)20-21(16-7-5-11-24-14-16)28(27-26-20)19-10-3-2-9-18(19)23/h2-12,14H,13H2,1H3,(H,25,29). The topological polar surface area (TPSA) is 81.9 Å². The molecule has 0 unspecified atom stereocenters. The lowest BCUT2D eigenvalue weighted by molar-refractivity contribution is 0.0946. The Morgan fingerprint density at radius 3 is 2.77 bits per heavy atom. The van der Waals surface area contributed by atoms with Crippen molar-refractivity contribution in [3.8, 4) is 22.7 Å². The van der Waals surface area contributed by atoms with Crippen LogP contribution in [0.5, 0.6) is 5.75 Å². The molecule has 30 heavy (non-hydrogen) atoms. The third-order valence-electron chi connectivity index (χ3n) is 4.49. The summed E-state index contributed by atoms with van der Waals surface area (Å²) in [5.41, 5.74) is 2.09. The number of ether oxygens (including phenoxy) is 1. The summed E-state index contributed by atoms with van der Waals surface area (Å²) in [6.07, 6.45) is 3.19. The summed E-state index contributed by atoms with van der Waals surface area (Å²) in [5.74, 6) is -0.210. The van der Waals surface area contributed by atoms with Crippen LogP contribution in [-0.4, -0.2) is 33.0 Å². The molecule has 0 aliphatic carbocycles. The van der Waals surface area contributed by atoms with Crippen LogP contribution < -0.4 is 10.1 Å². The highest BCUT2D eigenvalue weighted by molar-refractivity contribution is 5.98. The van der Waals surface area contributed by atoms with Crippen LogP contribution in [-0.2, 0) is 6.54 Å². The van der Waals surface area contributed by atoms with E-state index in [-0.39, 0.29) is 17.9 Å². The van der Waals surface area contributed by atoms with Gasteiger partial charge in [0, 0.05) is 24.5 Å². The minimum absolute atomic E-state index is 0.0779. The number of para-hydroxylation sites is 1. The molecule has 0 saturated carbocycles. The second kappa shape index (κ2) is 8.52. The Morgan fingerprint density at radius 2 is 2.00 bits per heavy atom. The first-order chi connectivity index (χ1) is 14.7. The number of carbonyl (C=O) groups excluding carboxylic acids is 1. The van der Waals surface area contributed by atoms with Crippen molar-refractivity contribution in [3.05, 3.63) is 90.1 Å². The highest BCUT2D eigenvalue weighted by Crippen LogP contribution is 2.26. The molecule has 0 aliphatic heterocycles. The molecule has 1 N–H and O–H groups in total. The fourth-order valence-corrected chi connectivity index (χ4v) is 3.04. The Morgan fingerprint density at radius 1 is 1.13 bits per heavy atom. The Kier molecular flexibility index (Phi) is 5.47. The van der Waals surface area contributed by atoms with Crippen molar-refractivity contribution in [2.75, 3.05) is 7.11 Å². The van der Waals surface area contributed by atoms with Gasteiger partial charge in [0.2, 0.25) is 0 Å². The average molecular weight is 403 g/mol. The number of rotatable bonds is 6. The van der Waals surface area contributed by atoms with Gasteiger partial charge in [0.15, 0.2) is 5.69 Å². The number of halogens is 1. The summed E-state index contributed by atoms with van der Waals surface area (Å²) in [7, 11) is 1.58. The molecule has 8 heteroatoms. The van der Waals surface area contributed by atoms with E-state index >= 15 is 0 Å². The fourth-order valence-electron chi connectivity index (χ4n) is 3.04. The van der Waals surface area contributed by atoms with Crippen LogP contribution in [0.4, 0.5) is 4.39 Å². The van der Waals surface area contributed by atoms with E-state index in [0.717, 1.165) is 5.56 Å². The van der Waals surface area contributed by atoms with Crippen molar-refractivity contribution in [2.24, 2.45) is 0 Å². The lowest BCUT2D eigenvalue weighted by atomic mass is 10.1. The maximum atomic E-state index is 14.4. The average Bonchev–Trinajstić information content (AvgIpc) is 3.23. The summed E-state index contributed by atoms with van der Waals surface area (Å²) in [6.45, 7) is 0.273. The number of benzene rings is 2. The van der Waals surface area contributed by atoms with Gasteiger partial charge in [-0.2, -0.15) is 0 Å². The zero-order chi connectivity index (χ0) is 20.9. The Balaban J connectivity index is 1.69. The van der Waals surface area contributed by atoms with Crippen molar-refractivity contribution in [3.63, 3.8) is 0 Å². The van der Waals surface area contributed by atoms with E-state index in [1.54, 1.807) is 49.8 Å². The lowest BCUT2D eigenvalue weighted by Crippen LogP contribution is -2.24. The highest BCUT2D eigenvalue weighted by atomic mass is 19.1. The molecule has 7 nitrogen and oxygen atoms in total. The van der Waals surface area contributed by atoms with Gasteiger partial charge in [0.25, 0.3) is 5.91 Å². The maximum absolute atomic E-state index is 14.4. The number of aromatic nitrogens is 4. The molecule has 150 valence electrons. The van der Waals surface area contributed by atoms with Crippen molar-refractivity contribution in [1.29, 1.82) is 0 Å². The van der Waals surface area contributed by atoms with Gasteiger partial charge in [-0.25, -0.2) is 9.07 Å². The second-order valence-corrected chi connectivity index (χ2v) is 6.43. The molecular formula is C22H18FN5O2. The summed E-state index contributed by atoms with van der Waals surface area (Å²) in [4.78, 5) is 17.0. The van der Waals surface area contributed by atoms with Crippen molar-refractivity contribution >= 4 is 5.91 Å². The van der Waals surface area contributed by atoms with E-state index in [1.165, 1.54) is 10.7 Å². The van der Waals surface area contributed by atoms with Gasteiger partial charge in [0.05, 0.1) is 7.11 Å². The van der Waals surface area contributed by atoms with Crippen LogP contribution >= 0.6 is 0 Å². The van der Waals surface area contributed by atoms with Crippen LogP contribution in [0.1, 0.15) is 16.1 Å². The van der Waals surface area contributed by atoms with Gasteiger partial charge < -0.3 is 10.1 Å². The Labute approximate surface area is 172 Å². The first-order valence-corrected chi connectivity index (χ1v) is 9.19. The zero-order valence-corrected chi connectivity index (χ0v) is 16.1. The SMILES string of the molecule is COc1cccc(CNC(=O)c2nnn(-c3ccccc3F)c2-c2cccnc2)c1. The van der Waals surface area contributed by atoms with Gasteiger partial charge in [-0.1, -0.05) is 29.5 Å². The van der Waals surface area contributed by atoms with Crippen LogP contribution in [0.3, 0.4) is 0 Å². The monoisotopic (exact) mass is 403 g/mol. The van der Waals surface area contributed by atoms with Crippen LogP contribution in [0.2, 0.25) is 0 Å². The lowest BCUT2D eigenvalue weighted by Gasteiger charge is -2.09. The second-order valence-electron chi connectivity index (χ2n) is 6.43. The minimum atomic E-state index is -0.476. The van der Waals surface area contributed by atoms with E-state index in [9.17, 15) is 9.18 Å². The van der Waals surface area contributed by atoms with Crippen LogP contribution in [0.15, 0.2) is 73.1 Å². The summed E-state index contributed by atoms with van der Waals surface area (Å²) in [5, 5.41) is 10.9. The predicted octanol–water partition coefficient (Wildman–Crippen LogP) is 3.41. The summed E-state index contributed by atoms with van der Waals surface area (Å²) >= 11 is 0. The molecule has 0 fully saturated rings. The van der Waals surface area contributed by atoms with Crippen molar-refractivity contribution in [1.82, 2.24) is 25.3 Å². The molecule has 0 bridgehead atoms. The molecule has 0 aliphatic rings. The minimum Gasteiger partial charge on any atom is -0.497 e. The van der Waals surface area contributed by atoms with E-state index in [4.69, 9.17) is 4.74 Å². The third kappa shape index (κ3) is 3.88. The Bertz CT molecular complexity index is 1180. The molecule has 4 aromatic rings. The third-order valence-corrected chi connectivity index (χ3v) is 4.49. The van der Waals surface area contributed by atoms with E-state index < -0.39 is 11.7 Å². The molecule has 2 heterocycles. The van der Waals surface area contributed by atoms with Gasteiger partial charge in [0.1, 0.15) is 22.9 Å². The smallest absolute Gasteiger partial charge is 0.274 e. The number of nitrogens with zero attached hydrogens (tertiary/aromatic N) is 4. The molecule has 0 spiro atoms. The first kappa shape index (κ1) is 19.3. The van der Waals surface area contributed by atoms with Crippen LogP contribution in [0.25, 0.3) is 16.9 Å². The van der Waals surface area contributed by atoms with Gasteiger partial charge in [-0.3, -0.25) is 9.78 Å². The van der Waals surface area contributed by atoms with Crippen LogP contribution in [0, 0.1) is 5.82 Å². The number of pyridine rings is 1. The number of hydrogen-bond donors (Lipinski definition) is 1. The molecule has 4 rings (SSSR count). The van der Waals surface area contributed by atoms with Gasteiger partial charge in [-0.05, 0) is 42.0 Å². The van der Waals surface area contributed by atoms with Gasteiger partial charge in [-0.15, -0.1) is 5.10 Å². The molecule has 2 aromatic carbocycles. The van der Waals surface area contributed by atoms with E-state index in [2.05, 4.69) is 20.6 Å². The summed E-state index contributed by atoms with van der Waals surface area (Å²) < 4.78 is 20.9. The number of amides is 1. The summed E-state index contributed by atoms with van der Waals surface area (Å²) in [6, 6.07) is 17.0. The molecular weight excluding hydrogens is 385 g/mol. The number of hydrogen-bond acceptors (Lipinski definition) is 5. The number of nitrogens with one attached hydrogen (secondary N) is 1. The molecule has 0 radical (unpaired) electrons. The van der Waals surface area contributed by atoms with Gasteiger partial charge >= 0.3 is 0 Å². The zero-order valence-electron chi connectivity index (χ0n) is 16.1. The first-order valence-electron chi connectivity index (χ1n) is 9.19. The fraction of sp³-hybridized carbons (Fsp3) is 0.0909. The Hall–Kier alpha value is -4.07. The predicted molar refractivity (Wildman–Crippen MR) is 109 cm³/mol. The van der Waals surface area contributed by atoms with E-state index in [1.807, 2.05) is 24.3 Å². The quantitative estimate of drug-likeness (QED) is 0.534. The van der Waals surface area contributed by atoms with Crippen molar-refractivity contribution in [2.45, 2.75) is 6.54 Å². The molecule has 0 saturated heterocycles. The molecule has 2 aromatic heterocycles. The molecule has 1 amide bonds. The largest absolute Gasteiger partial charge is 0.497 e. The molecule has 0 atom stereocenters. The highest BCUT2D eigenvalue weighted by Gasteiger charge is 2.23. The number of carbonyl (C=O) groups is 1.